The first-order chi connectivity index (χ1) is 4.29. The molecular weight excluding hydrogens is 116 g/mol. The van der Waals surface area contributed by atoms with Crippen molar-refractivity contribution in [1.29, 1.82) is 0 Å². The summed E-state index contributed by atoms with van der Waals surface area (Å²) < 4.78 is 0. The molecule has 3 N–H and O–H groups in total. The molecule has 0 aliphatic carbocycles. The average molecular weight is 128 g/mol. The molecule has 52 valence electrons. The van der Waals surface area contributed by atoms with E-state index < -0.39 is 0 Å². The van der Waals surface area contributed by atoms with Crippen LogP contribution in [-0.2, 0) is 4.79 Å². The van der Waals surface area contributed by atoms with Crippen LogP contribution < -0.4 is 11.1 Å². The maximum absolute atomic E-state index is 10.7. The number of hydrogen-bond donors (Lipinski definition) is 2. The fourth-order valence-corrected chi connectivity index (χ4v) is 0.946. The zero-order chi connectivity index (χ0) is 6.69. The van der Waals surface area contributed by atoms with Crippen molar-refractivity contribution < 1.29 is 4.79 Å². The molecule has 0 saturated carbocycles. The Balaban J connectivity index is 2.34. The van der Waals surface area contributed by atoms with E-state index in [2.05, 4.69) is 5.32 Å². The second-order valence-corrected chi connectivity index (χ2v) is 2.44. The van der Waals surface area contributed by atoms with Crippen molar-refractivity contribution in [2.45, 2.75) is 25.3 Å². The van der Waals surface area contributed by atoms with Crippen molar-refractivity contribution in [1.82, 2.24) is 5.32 Å². The van der Waals surface area contributed by atoms with Crippen molar-refractivity contribution in [3.05, 3.63) is 0 Å². The zero-order valence-electron chi connectivity index (χ0n) is 5.39. The molecule has 0 unspecified atom stereocenters. The van der Waals surface area contributed by atoms with E-state index in [1.807, 2.05) is 0 Å². The average Bonchev–Trinajstić information content (AvgIpc) is 1.97. The first kappa shape index (κ1) is 6.55. The Morgan fingerprint density at radius 2 is 2.33 bits per heavy atom. The van der Waals surface area contributed by atoms with Gasteiger partial charge in [0.05, 0.1) is 0 Å². The van der Waals surface area contributed by atoms with Crippen LogP contribution in [0.5, 0.6) is 0 Å². The Morgan fingerprint density at radius 1 is 1.56 bits per heavy atom. The molecule has 1 rings (SSSR count). The monoisotopic (exact) mass is 128 g/mol. The number of carbonyl (C=O) groups is 1. The van der Waals surface area contributed by atoms with Gasteiger partial charge in [-0.25, -0.2) is 0 Å². The Hall–Kier alpha value is -0.570. The van der Waals surface area contributed by atoms with E-state index in [0.717, 1.165) is 19.4 Å². The van der Waals surface area contributed by atoms with Gasteiger partial charge >= 0.3 is 0 Å². The van der Waals surface area contributed by atoms with Crippen molar-refractivity contribution in [2.24, 2.45) is 5.73 Å². The quantitative estimate of drug-likeness (QED) is 0.467. The van der Waals surface area contributed by atoms with E-state index in [1.165, 1.54) is 0 Å². The third kappa shape index (κ3) is 2.01. The van der Waals surface area contributed by atoms with Gasteiger partial charge in [-0.15, -0.1) is 0 Å². The van der Waals surface area contributed by atoms with Gasteiger partial charge in [-0.2, -0.15) is 0 Å². The summed E-state index contributed by atoms with van der Waals surface area (Å²) in [6, 6.07) is 0.226. The van der Waals surface area contributed by atoms with Gasteiger partial charge in [-0.1, -0.05) is 0 Å². The summed E-state index contributed by atoms with van der Waals surface area (Å²) in [5, 5.41) is 2.76. The minimum absolute atomic E-state index is 0.142. The highest BCUT2D eigenvalue weighted by Gasteiger charge is 2.10. The second kappa shape index (κ2) is 2.82. The molecule has 3 nitrogen and oxygen atoms in total. The molecule has 3 heteroatoms. The molecule has 0 bridgehead atoms. The highest BCUT2D eigenvalue weighted by atomic mass is 16.1. The van der Waals surface area contributed by atoms with Crippen LogP contribution in [0.15, 0.2) is 0 Å². The Labute approximate surface area is 54.6 Å². The third-order valence-electron chi connectivity index (χ3n) is 1.58. The number of nitrogens with two attached hydrogens (primary N) is 1. The minimum atomic E-state index is 0.142. The van der Waals surface area contributed by atoms with Gasteiger partial charge in [0.2, 0.25) is 5.91 Å². The lowest BCUT2D eigenvalue weighted by molar-refractivity contribution is -0.120. The number of rotatable bonds is 0. The van der Waals surface area contributed by atoms with Crippen LogP contribution in [0.3, 0.4) is 0 Å². The van der Waals surface area contributed by atoms with E-state index in [-0.39, 0.29) is 11.9 Å². The van der Waals surface area contributed by atoms with Crippen molar-refractivity contribution in [3.63, 3.8) is 0 Å². The fraction of sp³-hybridized carbons (Fsp3) is 0.833. The Morgan fingerprint density at radius 3 is 3.11 bits per heavy atom. The van der Waals surface area contributed by atoms with Gasteiger partial charge in [0, 0.05) is 19.0 Å². The predicted molar refractivity (Wildman–Crippen MR) is 34.8 cm³/mol. The van der Waals surface area contributed by atoms with Crippen molar-refractivity contribution >= 4 is 5.91 Å². The van der Waals surface area contributed by atoms with Gasteiger partial charge in [0.15, 0.2) is 0 Å². The SMILES string of the molecule is N[C@@H]1CCNC(=O)CC1. The van der Waals surface area contributed by atoms with E-state index in [0.29, 0.717) is 6.42 Å². The van der Waals surface area contributed by atoms with Gasteiger partial charge in [-0.05, 0) is 12.8 Å². The first-order valence-corrected chi connectivity index (χ1v) is 3.31. The number of amides is 1. The lowest BCUT2D eigenvalue weighted by Crippen LogP contribution is -2.23. The Kier molecular flexibility index (Phi) is 2.05. The van der Waals surface area contributed by atoms with Gasteiger partial charge in [0.25, 0.3) is 0 Å². The number of nitrogens with one attached hydrogen (secondary N) is 1. The molecule has 0 spiro atoms. The van der Waals surface area contributed by atoms with Crippen LogP contribution >= 0.6 is 0 Å². The molecular formula is C6H12N2O. The van der Waals surface area contributed by atoms with E-state index >= 15 is 0 Å². The zero-order valence-corrected chi connectivity index (χ0v) is 5.39. The number of hydrogen-bond acceptors (Lipinski definition) is 2. The van der Waals surface area contributed by atoms with Crippen molar-refractivity contribution in [3.8, 4) is 0 Å². The third-order valence-corrected chi connectivity index (χ3v) is 1.58. The highest BCUT2D eigenvalue weighted by Crippen LogP contribution is 2.01. The Bertz CT molecular complexity index is 114. The molecule has 0 radical (unpaired) electrons. The molecule has 0 aromatic carbocycles. The molecule has 1 atom stereocenters. The maximum Gasteiger partial charge on any atom is 0.220 e. The molecule has 1 saturated heterocycles. The smallest absolute Gasteiger partial charge is 0.220 e. The predicted octanol–water partition coefficient (Wildman–Crippen LogP) is -0.386. The van der Waals surface area contributed by atoms with Crippen molar-refractivity contribution in [2.75, 3.05) is 6.54 Å². The van der Waals surface area contributed by atoms with E-state index in [4.69, 9.17) is 5.73 Å². The second-order valence-electron chi connectivity index (χ2n) is 2.44. The van der Waals surface area contributed by atoms with E-state index in [1.54, 1.807) is 0 Å². The van der Waals surface area contributed by atoms with Crippen LogP contribution in [0.2, 0.25) is 0 Å². The molecule has 1 heterocycles. The lowest BCUT2D eigenvalue weighted by atomic mass is 10.1. The lowest BCUT2D eigenvalue weighted by Gasteiger charge is -2.02. The standard InChI is InChI=1S/C6H12N2O/c7-5-1-2-6(9)8-4-3-5/h5H,1-4,7H2,(H,8,9)/t5-/m0/s1. The van der Waals surface area contributed by atoms with Crippen LogP contribution in [0, 0.1) is 0 Å². The molecule has 9 heavy (non-hydrogen) atoms. The van der Waals surface area contributed by atoms with Gasteiger partial charge in [-0.3, -0.25) is 4.79 Å². The summed E-state index contributed by atoms with van der Waals surface area (Å²) in [6.07, 6.45) is 2.36. The molecule has 1 aliphatic heterocycles. The topological polar surface area (TPSA) is 55.1 Å². The van der Waals surface area contributed by atoms with Crippen LogP contribution in [0.1, 0.15) is 19.3 Å². The first-order valence-electron chi connectivity index (χ1n) is 3.31. The highest BCUT2D eigenvalue weighted by molar-refractivity contribution is 5.76. The summed E-state index contributed by atoms with van der Waals surface area (Å²) in [4.78, 5) is 10.7. The minimum Gasteiger partial charge on any atom is -0.356 e. The molecule has 1 aliphatic rings. The molecule has 1 amide bonds. The van der Waals surface area contributed by atoms with E-state index in [9.17, 15) is 4.79 Å². The molecule has 0 aromatic rings. The summed E-state index contributed by atoms with van der Waals surface area (Å²) in [5.74, 6) is 0.142. The van der Waals surface area contributed by atoms with Crippen LogP contribution in [0.4, 0.5) is 0 Å². The molecule has 1 fully saturated rings. The normalized spacial score (nSPS) is 29.0. The maximum atomic E-state index is 10.7. The summed E-state index contributed by atoms with van der Waals surface area (Å²) in [6.45, 7) is 0.750. The fourth-order valence-electron chi connectivity index (χ4n) is 0.946. The number of carbonyl (C=O) groups excluding carboxylic acids is 1. The summed E-state index contributed by atoms with van der Waals surface area (Å²) >= 11 is 0. The molecule has 0 aromatic heterocycles. The van der Waals surface area contributed by atoms with Gasteiger partial charge < -0.3 is 11.1 Å². The van der Waals surface area contributed by atoms with Crippen LogP contribution in [-0.4, -0.2) is 18.5 Å². The summed E-state index contributed by atoms with van der Waals surface area (Å²) in [7, 11) is 0. The van der Waals surface area contributed by atoms with Gasteiger partial charge in [0.1, 0.15) is 0 Å². The van der Waals surface area contributed by atoms with Crippen LogP contribution in [0.25, 0.3) is 0 Å². The summed E-state index contributed by atoms with van der Waals surface area (Å²) in [5.41, 5.74) is 5.60. The largest absolute Gasteiger partial charge is 0.356 e.